The Morgan fingerprint density at radius 1 is 1.35 bits per heavy atom. The van der Waals surface area contributed by atoms with E-state index in [1.807, 2.05) is 6.92 Å². The Morgan fingerprint density at radius 2 is 2.13 bits per heavy atom. The maximum Gasteiger partial charge on any atom is 0.230 e. The molecular formula is C16H21N5OS. The van der Waals surface area contributed by atoms with Gasteiger partial charge in [0.05, 0.1) is 11.8 Å². The summed E-state index contributed by atoms with van der Waals surface area (Å²) in [5, 5.41) is 14.9. The van der Waals surface area contributed by atoms with Crippen molar-refractivity contribution < 1.29 is 4.79 Å². The molecule has 0 aliphatic heterocycles. The topological polar surface area (TPSA) is 72.7 Å². The summed E-state index contributed by atoms with van der Waals surface area (Å²) < 4.78 is 1.56. The van der Waals surface area contributed by atoms with Gasteiger partial charge in [0.15, 0.2) is 0 Å². The lowest BCUT2D eigenvalue weighted by Gasteiger charge is -2.20. The molecule has 0 unspecified atom stereocenters. The fourth-order valence-corrected chi connectivity index (χ4v) is 3.52. The number of thioether (sulfide) groups is 1. The van der Waals surface area contributed by atoms with Gasteiger partial charge >= 0.3 is 0 Å². The number of fused-ring (bicyclic) bond motifs is 1. The van der Waals surface area contributed by atoms with Crippen molar-refractivity contribution in [3.8, 4) is 0 Å². The summed E-state index contributed by atoms with van der Waals surface area (Å²) in [7, 11) is 1.76. The number of amides is 1. The lowest BCUT2D eigenvalue weighted by Crippen LogP contribution is -2.28. The van der Waals surface area contributed by atoms with Crippen LogP contribution in [0.3, 0.4) is 0 Å². The van der Waals surface area contributed by atoms with Gasteiger partial charge in [-0.15, -0.1) is 5.10 Å². The maximum absolute atomic E-state index is 12.1. The molecule has 0 spiro atoms. The van der Waals surface area contributed by atoms with Gasteiger partial charge in [0.2, 0.25) is 11.1 Å². The predicted molar refractivity (Wildman–Crippen MR) is 89.2 cm³/mol. The fraction of sp³-hybridized carbons (Fsp3) is 0.500. The lowest BCUT2D eigenvalue weighted by atomic mass is 9.89. The molecule has 0 radical (unpaired) electrons. The van der Waals surface area contributed by atoms with Crippen molar-refractivity contribution in [1.29, 1.82) is 0 Å². The van der Waals surface area contributed by atoms with E-state index in [0.29, 0.717) is 10.9 Å². The second-order valence-corrected chi connectivity index (χ2v) is 6.84. The first-order valence-corrected chi connectivity index (χ1v) is 8.88. The molecule has 6 nitrogen and oxygen atoms in total. The van der Waals surface area contributed by atoms with Crippen LogP contribution in [0.25, 0.3) is 0 Å². The molecule has 0 saturated heterocycles. The smallest absolute Gasteiger partial charge is 0.230 e. The van der Waals surface area contributed by atoms with Gasteiger partial charge in [-0.3, -0.25) is 4.79 Å². The third-order valence-corrected chi connectivity index (χ3v) is 5.17. The Morgan fingerprint density at radius 3 is 2.87 bits per heavy atom. The highest BCUT2D eigenvalue weighted by Gasteiger charge is 2.15. The monoisotopic (exact) mass is 331 g/mol. The predicted octanol–water partition coefficient (Wildman–Crippen LogP) is 2.06. The molecule has 1 aliphatic rings. The van der Waals surface area contributed by atoms with Crippen LogP contribution in [0, 0.1) is 0 Å². The average molecular weight is 331 g/mol. The van der Waals surface area contributed by atoms with Crippen molar-refractivity contribution in [2.24, 2.45) is 7.05 Å². The highest BCUT2D eigenvalue weighted by molar-refractivity contribution is 7.99. The maximum atomic E-state index is 12.1. The van der Waals surface area contributed by atoms with Gasteiger partial charge in [-0.05, 0) is 59.7 Å². The number of nitrogens with one attached hydrogen (secondary N) is 1. The molecular weight excluding hydrogens is 310 g/mol. The first-order chi connectivity index (χ1) is 11.1. The molecule has 1 amide bonds. The molecule has 2 aromatic rings. The molecule has 23 heavy (non-hydrogen) atoms. The van der Waals surface area contributed by atoms with E-state index >= 15 is 0 Å². The Balaban J connectivity index is 1.57. The van der Waals surface area contributed by atoms with Crippen LogP contribution >= 0.6 is 11.8 Å². The van der Waals surface area contributed by atoms with Crippen LogP contribution in [-0.2, 0) is 24.7 Å². The van der Waals surface area contributed by atoms with E-state index in [1.54, 1.807) is 11.7 Å². The zero-order chi connectivity index (χ0) is 16.2. The number of carbonyl (C=O) groups excluding carboxylic acids is 1. The molecule has 1 aliphatic carbocycles. The second kappa shape index (κ2) is 7.12. The van der Waals surface area contributed by atoms with Crippen molar-refractivity contribution >= 4 is 17.7 Å². The summed E-state index contributed by atoms with van der Waals surface area (Å²) in [5.74, 6) is 0.298. The molecule has 7 heteroatoms. The standard InChI is InChI=1S/C16H21N5OS/c1-11(13-8-7-12-5-3-4-6-14(12)9-13)17-15(22)10-23-16-18-19-20-21(16)2/h7-9,11H,3-6,10H2,1-2H3,(H,17,22)/t11-/m0/s1. The van der Waals surface area contributed by atoms with E-state index in [-0.39, 0.29) is 11.9 Å². The Labute approximate surface area is 140 Å². The zero-order valence-corrected chi connectivity index (χ0v) is 14.3. The van der Waals surface area contributed by atoms with E-state index in [0.717, 1.165) is 6.42 Å². The molecule has 1 heterocycles. The minimum absolute atomic E-state index is 0.00736. The summed E-state index contributed by atoms with van der Waals surface area (Å²) in [6, 6.07) is 6.61. The number of aromatic nitrogens is 4. The van der Waals surface area contributed by atoms with E-state index in [2.05, 4.69) is 39.0 Å². The number of nitrogens with zero attached hydrogens (tertiary/aromatic N) is 4. The first-order valence-electron chi connectivity index (χ1n) is 7.89. The molecule has 0 bridgehead atoms. The summed E-state index contributed by atoms with van der Waals surface area (Å²) >= 11 is 1.34. The number of tetrazole rings is 1. The van der Waals surface area contributed by atoms with Crippen molar-refractivity contribution in [3.05, 3.63) is 34.9 Å². The number of rotatable bonds is 5. The van der Waals surface area contributed by atoms with Gasteiger partial charge in [-0.1, -0.05) is 30.0 Å². The van der Waals surface area contributed by atoms with Crippen LogP contribution < -0.4 is 5.32 Å². The van der Waals surface area contributed by atoms with E-state index in [1.165, 1.54) is 47.7 Å². The van der Waals surface area contributed by atoms with Gasteiger partial charge in [-0.2, -0.15) is 0 Å². The molecule has 0 saturated carbocycles. The number of benzene rings is 1. The lowest BCUT2D eigenvalue weighted by molar-refractivity contribution is -0.119. The van der Waals surface area contributed by atoms with Crippen molar-refractivity contribution in [1.82, 2.24) is 25.5 Å². The SMILES string of the molecule is C[C@H](NC(=O)CSc1nnnn1C)c1ccc2c(c1)CCCC2. The second-order valence-electron chi connectivity index (χ2n) is 5.90. The largest absolute Gasteiger partial charge is 0.349 e. The van der Waals surface area contributed by atoms with E-state index in [4.69, 9.17) is 0 Å². The molecule has 1 atom stereocenters. The van der Waals surface area contributed by atoms with Gasteiger partial charge in [0.25, 0.3) is 0 Å². The number of hydrogen-bond acceptors (Lipinski definition) is 5. The summed E-state index contributed by atoms with van der Waals surface area (Å²) in [4.78, 5) is 12.1. The van der Waals surface area contributed by atoms with Crippen LogP contribution in [0.4, 0.5) is 0 Å². The molecule has 1 N–H and O–H groups in total. The molecule has 1 aromatic heterocycles. The first kappa shape index (κ1) is 16.0. The Kier molecular flexibility index (Phi) is 4.95. The fourth-order valence-electron chi connectivity index (χ4n) is 2.86. The third-order valence-electron chi connectivity index (χ3n) is 4.16. The van der Waals surface area contributed by atoms with Crippen LogP contribution in [0.5, 0.6) is 0 Å². The quantitative estimate of drug-likeness (QED) is 0.849. The third kappa shape index (κ3) is 3.90. The number of carbonyl (C=O) groups is 1. The minimum Gasteiger partial charge on any atom is -0.349 e. The minimum atomic E-state index is -0.0109. The molecule has 1 aromatic carbocycles. The summed E-state index contributed by atoms with van der Waals surface area (Å²) in [6.07, 6.45) is 4.88. The van der Waals surface area contributed by atoms with E-state index in [9.17, 15) is 4.79 Å². The molecule has 3 rings (SSSR count). The molecule has 122 valence electrons. The summed E-state index contributed by atoms with van der Waals surface area (Å²) in [6.45, 7) is 2.02. The van der Waals surface area contributed by atoms with E-state index < -0.39 is 0 Å². The Hall–Kier alpha value is -1.89. The van der Waals surface area contributed by atoms with Crippen LogP contribution in [0.15, 0.2) is 23.4 Å². The van der Waals surface area contributed by atoms with Gasteiger partial charge < -0.3 is 5.32 Å². The van der Waals surface area contributed by atoms with Crippen LogP contribution in [0.1, 0.15) is 42.5 Å². The van der Waals surface area contributed by atoms with Crippen molar-refractivity contribution in [2.45, 2.75) is 43.8 Å². The number of aryl methyl sites for hydroxylation is 3. The van der Waals surface area contributed by atoms with Gasteiger partial charge in [0, 0.05) is 7.05 Å². The average Bonchev–Trinajstić information content (AvgIpc) is 2.97. The van der Waals surface area contributed by atoms with Crippen molar-refractivity contribution in [2.75, 3.05) is 5.75 Å². The highest BCUT2D eigenvalue weighted by atomic mass is 32.2. The zero-order valence-electron chi connectivity index (χ0n) is 13.5. The number of hydrogen-bond donors (Lipinski definition) is 1. The summed E-state index contributed by atoms with van der Waals surface area (Å²) in [5.41, 5.74) is 4.07. The Bertz CT molecular complexity index is 700. The van der Waals surface area contributed by atoms with Crippen molar-refractivity contribution in [3.63, 3.8) is 0 Å². The highest BCUT2D eigenvalue weighted by Crippen LogP contribution is 2.25. The van der Waals surface area contributed by atoms with Crippen LogP contribution in [0.2, 0.25) is 0 Å². The van der Waals surface area contributed by atoms with Gasteiger partial charge in [0.1, 0.15) is 0 Å². The van der Waals surface area contributed by atoms with Crippen LogP contribution in [-0.4, -0.2) is 31.9 Å². The molecule has 0 fully saturated rings. The normalized spacial score (nSPS) is 15.0. The van der Waals surface area contributed by atoms with Gasteiger partial charge in [-0.25, -0.2) is 4.68 Å².